The average molecular weight is 332 g/mol. The van der Waals surface area contributed by atoms with Gasteiger partial charge in [0.1, 0.15) is 23.5 Å². The Morgan fingerprint density at radius 1 is 1.38 bits per heavy atom. The summed E-state index contributed by atoms with van der Waals surface area (Å²) in [6, 6.07) is 6.69. The molecule has 124 valence electrons. The average Bonchev–Trinajstić information content (AvgIpc) is 3.18. The number of fused-ring (bicyclic) bond motifs is 3. The second-order valence-corrected chi connectivity index (χ2v) is 6.01. The minimum atomic E-state index is -0.657. The van der Waals surface area contributed by atoms with Crippen molar-refractivity contribution in [3.63, 3.8) is 0 Å². The summed E-state index contributed by atoms with van der Waals surface area (Å²) in [5.74, 6) is -0.677. The molecule has 1 amide bonds. The molecule has 7 heteroatoms. The van der Waals surface area contributed by atoms with Gasteiger partial charge in [-0.1, -0.05) is 0 Å². The van der Waals surface area contributed by atoms with Crippen molar-refractivity contribution in [1.82, 2.24) is 10.3 Å². The number of hydrogen-bond acceptors (Lipinski definition) is 4. The lowest BCUT2D eigenvalue weighted by molar-refractivity contribution is 0.169. The molecule has 1 aromatic heterocycles. The van der Waals surface area contributed by atoms with Gasteiger partial charge in [-0.25, -0.2) is 18.6 Å². The molecule has 1 saturated carbocycles. The molecule has 0 spiro atoms. The Hall–Kier alpha value is -2.70. The molecule has 2 aromatic rings. The molecule has 5 nitrogen and oxygen atoms in total. The third-order valence-electron chi connectivity index (χ3n) is 4.50. The zero-order valence-corrected chi connectivity index (χ0v) is 12.8. The summed E-state index contributed by atoms with van der Waals surface area (Å²) in [7, 11) is 1.30. The monoisotopic (exact) mass is 332 g/mol. The Morgan fingerprint density at radius 2 is 2.12 bits per heavy atom. The van der Waals surface area contributed by atoms with Crippen LogP contribution in [0.25, 0.3) is 11.3 Å². The van der Waals surface area contributed by atoms with Crippen LogP contribution >= 0.6 is 0 Å². The summed E-state index contributed by atoms with van der Waals surface area (Å²) in [6.07, 6.45) is 0.168. The number of hydrogen-bond donors (Lipinski definition) is 1. The zero-order valence-electron chi connectivity index (χ0n) is 12.8. The number of ether oxygens (including phenoxy) is 2. The topological polar surface area (TPSA) is 60.5 Å². The summed E-state index contributed by atoms with van der Waals surface area (Å²) in [4.78, 5) is 15.9. The Kier molecular flexibility index (Phi) is 3.19. The van der Waals surface area contributed by atoms with Crippen molar-refractivity contribution in [1.29, 1.82) is 0 Å². The number of halogens is 2. The highest BCUT2D eigenvalue weighted by Crippen LogP contribution is 2.58. The number of carbonyl (C=O) groups excluding carboxylic acids is 1. The first-order valence-corrected chi connectivity index (χ1v) is 7.48. The molecule has 1 fully saturated rings. The molecule has 2 unspecified atom stereocenters. The molecule has 2 heterocycles. The van der Waals surface area contributed by atoms with Gasteiger partial charge in [-0.2, -0.15) is 0 Å². The number of aromatic nitrogens is 1. The van der Waals surface area contributed by atoms with E-state index in [0.29, 0.717) is 29.2 Å². The molecule has 1 aromatic carbocycles. The normalized spacial score (nSPS) is 23.0. The number of pyridine rings is 1. The van der Waals surface area contributed by atoms with Gasteiger partial charge in [0.2, 0.25) is 0 Å². The molecule has 1 N–H and O–H groups in total. The molecule has 0 bridgehead atoms. The molecule has 4 rings (SSSR count). The van der Waals surface area contributed by atoms with Crippen molar-refractivity contribution in [2.45, 2.75) is 17.9 Å². The quantitative estimate of drug-likeness (QED) is 0.939. The zero-order chi connectivity index (χ0) is 16.9. The molecule has 2 atom stereocenters. The Morgan fingerprint density at radius 3 is 2.83 bits per heavy atom. The van der Waals surface area contributed by atoms with Gasteiger partial charge in [-0.05, 0) is 24.3 Å². The van der Waals surface area contributed by atoms with E-state index in [2.05, 4.69) is 15.0 Å². The first-order valence-electron chi connectivity index (χ1n) is 7.48. The third kappa shape index (κ3) is 2.28. The highest BCUT2D eigenvalue weighted by molar-refractivity contribution is 5.68. The number of carbonyl (C=O) groups is 1. The van der Waals surface area contributed by atoms with E-state index in [4.69, 9.17) is 4.74 Å². The second-order valence-electron chi connectivity index (χ2n) is 6.01. The van der Waals surface area contributed by atoms with Gasteiger partial charge >= 0.3 is 6.09 Å². The van der Waals surface area contributed by atoms with Crippen LogP contribution in [0, 0.1) is 11.6 Å². The summed E-state index contributed by atoms with van der Waals surface area (Å²) in [6.45, 7) is 0.339. The standard InChI is InChI=1S/C17H14F2N2O3/c1-23-16(22)20-8-17-7-14(17)24-13-3-2-12(21-15(13)17)9-4-10(18)6-11(19)5-9/h2-6,14H,7-8H2,1H3,(H,20,22). The molecule has 24 heavy (non-hydrogen) atoms. The maximum atomic E-state index is 13.4. The Labute approximate surface area is 136 Å². The van der Waals surface area contributed by atoms with Crippen LogP contribution in [0.1, 0.15) is 12.1 Å². The van der Waals surface area contributed by atoms with Crippen LogP contribution in [0.15, 0.2) is 30.3 Å². The summed E-state index contributed by atoms with van der Waals surface area (Å²) in [5, 5.41) is 2.67. The van der Waals surface area contributed by atoms with E-state index in [0.717, 1.165) is 12.5 Å². The van der Waals surface area contributed by atoms with Crippen LogP contribution in [0.5, 0.6) is 5.75 Å². The van der Waals surface area contributed by atoms with E-state index in [9.17, 15) is 13.6 Å². The smallest absolute Gasteiger partial charge is 0.406 e. The molecule has 2 aliphatic rings. The fourth-order valence-electron chi connectivity index (χ4n) is 3.16. The largest absolute Gasteiger partial charge is 0.487 e. The van der Waals surface area contributed by atoms with Gasteiger partial charge in [-0.15, -0.1) is 0 Å². The first-order chi connectivity index (χ1) is 11.5. The minimum absolute atomic E-state index is 0.0448. The highest BCUT2D eigenvalue weighted by Gasteiger charge is 2.64. The van der Waals surface area contributed by atoms with E-state index >= 15 is 0 Å². The van der Waals surface area contributed by atoms with E-state index < -0.39 is 23.1 Å². The molecular formula is C17H14F2N2O3. The number of alkyl carbamates (subject to hydrolysis) is 1. The van der Waals surface area contributed by atoms with Crippen LogP contribution in [0.2, 0.25) is 0 Å². The lowest BCUT2D eigenvalue weighted by Crippen LogP contribution is -2.33. The van der Waals surface area contributed by atoms with Crippen LogP contribution < -0.4 is 10.1 Å². The minimum Gasteiger partial charge on any atom is -0.487 e. The van der Waals surface area contributed by atoms with E-state index in [1.54, 1.807) is 12.1 Å². The Balaban J connectivity index is 1.68. The van der Waals surface area contributed by atoms with Gasteiger partial charge in [0.15, 0.2) is 0 Å². The molecule has 0 radical (unpaired) electrons. The molecule has 0 saturated heterocycles. The number of rotatable bonds is 3. The molecule has 1 aliphatic heterocycles. The SMILES string of the molecule is COC(=O)NCC12CC1Oc1ccc(-c3cc(F)cc(F)c3)nc12. The van der Waals surface area contributed by atoms with Gasteiger partial charge < -0.3 is 14.8 Å². The van der Waals surface area contributed by atoms with Crippen molar-refractivity contribution in [2.24, 2.45) is 0 Å². The van der Waals surface area contributed by atoms with E-state index in [1.807, 2.05) is 0 Å². The van der Waals surface area contributed by atoms with Crippen molar-refractivity contribution in [2.75, 3.05) is 13.7 Å². The second kappa shape index (κ2) is 5.15. The van der Waals surface area contributed by atoms with Crippen LogP contribution in [0.3, 0.4) is 0 Å². The van der Waals surface area contributed by atoms with Crippen LogP contribution in [0.4, 0.5) is 13.6 Å². The summed E-state index contributed by atoms with van der Waals surface area (Å²) >= 11 is 0. The number of methoxy groups -OCH3 is 1. The number of nitrogens with one attached hydrogen (secondary N) is 1. The number of nitrogens with zero attached hydrogens (tertiary/aromatic N) is 1. The maximum absolute atomic E-state index is 13.4. The highest BCUT2D eigenvalue weighted by atomic mass is 19.1. The van der Waals surface area contributed by atoms with Gasteiger partial charge in [0.05, 0.1) is 23.9 Å². The van der Waals surface area contributed by atoms with Gasteiger partial charge in [-0.3, -0.25) is 0 Å². The van der Waals surface area contributed by atoms with Crippen LogP contribution in [-0.4, -0.2) is 30.8 Å². The molecular weight excluding hydrogens is 318 g/mol. The predicted molar refractivity (Wildman–Crippen MR) is 80.7 cm³/mol. The number of benzene rings is 1. The van der Waals surface area contributed by atoms with Gasteiger partial charge in [0.25, 0.3) is 0 Å². The lowest BCUT2D eigenvalue weighted by Gasteiger charge is -2.13. The van der Waals surface area contributed by atoms with Crippen molar-refractivity contribution < 1.29 is 23.0 Å². The fourth-order valence-corrected chi connectivity index (χ4v) is 3.16. The van der Waals surface area contributed by atoms with Crippen LogP contribution in [-0.2, 0) is 10.2 Å². The van der Waals surface area contributed by atoms with Crippen molar-refractivity contribution in [3.8, 4) is 17.0 Å². The first kappa shape index (κ1) is 14.9. The maximum Gasteiger partial charge on any atom is 0.406 e. The van der Waals surface area contributed by atoms with Crippen molar-refractivity contribution >= 4 is 6.09 Å². The fraction of sp³-hybridized carbons (Fsp3) is 0.294. The predicted octanol–water partition coefficient (Wildman–Crippen LogP) is 2.79. The third-order valence-corrected chi connectivity index (χ3v) is 4.50. The van der Waals surface area contributed by atoms with E-state index in [-0.39, 0.29) is 6.10 Å². The lowest BCUT2D eigenvalue weighted by atomic mass is 10.0. The summed E-state index contributed by atoms with van der Waals surface area (Å²) < 4.78 is 37.3. The van der Waals surface area contributed by atoms with Gasteiger partial charge in [0, 0.05) is 24.6 Å². The van der Waals surface area contributed by atoms with E-state index in [1.165, 1.54) is 19.2 Å². The molecule has 1 aliphatic carbocycles. The Bertz CT molecular complexity index is 822. The van der Waals surface area contributed by atoms with Crippen molar-refractivity contribution in [3.05, 3.63) is 47.7 Å². The number of amides is 1. The summed E-state index contributed by atoms with van der Waals surface area (Å²) in [5.41, 5.74) is 1.12.